The molecule has 0 amide bonds. The van der Waals surface area contributed by atoms with Crippen molar-refractivity contribution in [1.29, 1.82) is 0 Å². The zero-order valence-electron chi connectivity index (χ0n) is 13.6. The van der Waals surface area contributed by atoms with Gasteiger partial charge in [0, 0.05) is 16.7 Å². The van der Waals surface area contributed by atoms with Crippen molar-refractivity contribution < 1.29 is 4.74 Å². The molecule has 6 heteroatoms. The minimum atomic E-state index is -0.0497. The van der Waals surface area contributed by atoms with Gasteiger partial charge in [-0.3, -0.25) is 0 Å². The van der Waals surface area contributed by atoms with Crippen molar-refractivity contribution in [2.24, 2.45) is 0 Å². The lowest BCUT2D eigenvalue weighted by molar-refractivity contribution is -0.0543. The van der Waals surface area contributed by atoms with Gasteiger partial charge in [-0.05, 0) is 37.3 Å². The summed E-state index contributed by atoms with van der Waals surface area (Å²) in [6.07, 6.45) is 5.21. The second-order valence-electron chi connectivity index (χ2n) is 5.82. The molecule has 120 valence electrons. The molecule has 22 heavy (non-hydrogen) atoms. The summed E-state index contributed by atoms with van der Waals surface area (Å²) in [5.41, 5.74) is 1.38. The SMILES string of the molecule is CCCSc1nc(SC)nc2sc3c(c12)C[C@@](C)(CC)OC3. The molecule has 0 fully saturated rings. The molecule has 3 nitrogen and oxygen atoms in total. The molecule has 0 bridgehead atoms. The van der Waals surface area contributed by atoms with Crippen LogP contribution in [0.2, 0.25) is 0 Å². The number of thiophene rings is 1. The van der Waals surface area contributed by atoms with Crippen LogP contribution in [0.4, 0.5) is 0 Å². The maximum atomic E-state index is 6.10. The molecule has 0 saturated carbocycles. The molecule has 1 aliphatic heterocycles. The monoisotopic (exact) mass is 354 g/mol. The summed E-state index contributed by atoms with van der Waals surface area (Å²) < 4.78 is 6.10. The smallest absolute Gasteiger partial charge is 0.189 e. The number of hydrogen-bond acceptors (Lipinski definition) is 6. The van der Waals surface area contributed by atoms with Gasteiger partial charge in [0.15, 0.2) is 5.16 Å². The number of aromatic nitrogens is 2. The van der Waals surface area contributed by atoms with Crippen molar-refractivity contribution in [3.8, 4) is 0 Å². The van der Waals surface area contributed by atoms with Crippen LogP contribution in [0.3, 0.4) is 0 Å². The van der Waals surface area contributed by atoms with Crippen LogP contribution in [0.1, 0.15) is 44.1 Å². The van der Waals surface area contributed by atoms with Crippen LogP contribution in [-0.2, 0) is 17.8 Å². The fourth-order valence-electron chi connectivity index (χ4n) is 2.64. The van der Waals surface area contributed by atoms with E-state index in [0.29, 0.717) is 6.61 Å². The predicted octanol–water partition coefficient (Wildman–Crippen LogP) is 5.16. The number of thioether (sulfide) groups is 2. The number of ether oxygens (including phenoxy) is 1. The Balaban J connectivity index is 2.13. The lowest BCUT2D eigenvalue weighted by Gasteiger charge is -2.33. The molecular weight excluding hydrogens is 332 g/mol. The Morgan fingerprint density at radius 1 is 1.32 bits per heavy atom. The Labute approximate surface area is 144 Å². The van der Waals surface area contributed by atoms with E-state index < -0.39 is 0 Å². The molecule has 0 N–H and O–H groups in total. The minimum absolute atomic E-state index is 0.0497. The molecular formula is C16H22N2OS3. The van der Waals surface area contributed by atoms with E-state index in [1.807, 2.05) is 18.0 Å². The van der Waals surface area contributed by atoms with E-state index in [1.54, 1.807) is 23.1 Å². The van der Waals surface area contributed by atoms with Gasteiger partial charge in [0.25, 0.3) is 0 Å². The molecule has 1 atom stereocenters. The van der Waals surface area contributed by atoms with Crippen molar-refractivity contribution in [2.45, 2.75) is 62.4 Å². The second-order valence-corrected chi connectivity index (χ2v) is 8.76. The van der Waals surface area contributed by atoms with E-state index in [9.17, 15) is 0 Å². The minimum Gasteiger partial charge on any atom is -0.369 e. The van der Waals surface area contributed by atoms with Crippen LogP contribution in [0, 0.1) is 0 Å². The molecule has 1 aliphatic rings. The predicted molar refractivity (Wildman–Crippen MR) is 97.4 cm³/mol. The molecule has 0 spiro atoms. The first-order chi connectivity index (χ1) is 10.6. The van der Waals surface area contributed by atoms with Gasteiger partial charge in [-0.1, -0.05) is 25.6 Å². The highest BCUT2D eigenvalue weighted by Gasteiger charge is 2.33. The van der Waals surface area contributed by atoms with Crippen molar-refractivity contribution in [3.63, 3.8) is 0 Å². The fourth-order valence-corrected chi connectivity index (χ4v) is 5.20. The maximum absolute atomic E-state index is 6.10. The van der Waals surface area contributed by atoms with Gasteiger partial charge in [0.1, 0.15) is 9.86 Å². The summed E-state index contributed by atoms with van der Waals surface area (Å²) in [6, 6.07) is 0. The standard InChI is InChI=1S/C16H22N2OS3/c1-5-7-21-13-12-10-8-16(3,6-2)19-9-11(10)22-14(12)18-15(17-13)20-4/h5-9H2,1-4H3/t16-/m1/s1. The maximum Gasteiger partial charge on any atom is 0.189 e. The summed E-state index contributed by atoms with van der Waals surface area (Å²) >= 11 is 5.27. The van der Waals surface area contributed by atoms with Crippen molar-refractivity contribution in [3.05, 3.63) is 10.4 Å². The summed E-state index contributed by atoms with van der Waals surface area (Å²) in [5, 5.41) is 3.33. The first-order valence-electron chi connectivity index (χ1n) is 7.73. The lowest BCUT2D eigenvalue weighted by atomic mass is 9.90. The average Bonchev–Trinajstić information content (AvgIpc) is 2.89. The Kier molecular flexibility index (Phi) is 5.02. The zero-order chi connectivity index (χ0) is 15.7. The largest absolute Gasteiger partial charge is 0.369 e. The van der Waals surface area contributed by atoms with E-state index >= 15 is 0 Å². The van der Waals surface area contributed by atoms with Gasteiger partial charge in [-0.2, -0.15) is 0 Å². The van der Waals surface area contributed by atoms with Gasteiger partial charge < -0.3 is 4.74 Å². The van der Waals surface area contributed by atoms with Crippen LogP contribution < -0.4 is 0 Å². The van der Waals surface area contributed by atoms with Crippen molar-refractivity contribution >= 4 is 45.1 Å². The first-order valence-corrected chi connectivity index (χ1v) is 10.8. The third-order valence-corrected chi connectivity index (χ3v) is 6.98. The average molecular weight is 355 g/mol. The highest BCUT2D eigenvalue weighted by atomic mass is 32.2. The number of rotatable bonds is 5. The quantitative estimate of drug-likeness (QED) is 0.421. The normalized spacial score (nSPS) is 21.3. The topological polar surface area (TPSA) is 35.0 Å². The number of nitrogens with zero attached hydrogens (tertiary/aromatic N) is 2. The van der Waals surface area contributed by atoms with Crippen LogP contribution in [0.15, 0.2) is 10.2 Å². The molecule has 2 aromatic rings. The van der Waals surface area contributed by atoms with Gasteiger partial charge in [0.2, 0.25) is 0 Å². The summed E-state index contributed by atoms with van der Waals surface area (Å²) in [5.74, 6) is 1.10. The van der Waals surface area contributed by atoms with Gasteiger partial charge in [-0.15, -0.1) is 23.1 Å². The second kappa shape index (κ2) is 6.67. The molecule has 3 heterocycles. The van der Waals surface area contributed by atoms with E-state index in [1.165, 1.54) is 15.8 Å². The van der Waals surface area contributed by atoms with E-state index in [2.05, 4.69) is 20.8 Å². The fraction of sp³-hybridized carbons (Fsp3) is 0.625. The highest BCUT2D eigenvalue weighted by Crippen LogP contribution is 2.43. The zero-order valence-corrected chi connectivity index (χ0v) is 16.0. The third kappa shape index (κ3) is 3.03. The van der Waals surface area contributed by atoms with Gasteiger partial charge in [-0.25, -0.2) is 9.97 Å². The van der Waals surface area contributed by atoms with E-state index in [0.717, 1.165) is 40.0 Å². The summed E-state index contributed by atoms with van der Waals surface area (Å²) in [7, 11) is 0. The van der Waals surface area contributed by atoms with Crippen LogP contribution in [0.25, 0.3) is 10.2 Å². The molecule has 0 unspecified atom stereocenters. The highest BCUT2D eigenvalue weighted by molar-refractivity contribution is 7.99. The number of hydrogen-bond donors (Lipinski definition) is 0. The Morgan fingerprint density at radius 2 is 2.14 bits per heavy atom. The van der Waals surface area contributed by atoms with Crippen LogP contribution in [-0.4, -0.2) is 27.6 Å². The molecule has 0 aromatic carbocycles. The lowest BCUT2D eigenvalue weighted by Crippen LogP contribution is -2.33. The van der Waals surface area contributed by atoms with Crippen molar-refractivity contribution in [2.75, 3.05) is 12.0 Å². The van der Waals surface area contributed by atoms with Crippen LogP contribution >= 0.6 is 34.9 Å². The Morgan fingerprint density at radius 3 is 2.82 bits per heavy atom. The van der Waals surface area contributed by atoms with Gasteiger partial charge in [0.05, 0.1) is 12.2 Å². The van der Waals surface area contributed by atoms with Crippen LogP contribution in [0.5, 0.6) is 0 Å². The molecule has 3 rings (SSSR count). The van der Waals surface area contributed by atoms with E-state index in [-0.39, 0.29) is 5.60 Å². The summed E-state index contributed by atoms with van der Waals surface area (Å²) in [6.45, 7) is 7.35. The molecule has 0 radical (unpaired) electrons. The first kappa shape index (κ1) is 16.6. The Bertz CT molecular complexity index is 686. The number of fused-ring (bicyclic) bond motifs is 3. The van der Waals surface area contributed by atoms with E-state index in [4.69, 9.17) is 14.7 Å². The molecule has 0 saturated heterocycles. The molecule has 2 aromatic heterocycles. The third-order valence-electron chi connectivity index (χ3n) is 4.16. The van der Waals surface area contributed by atoms with Gasteiger partial charge >= 0.3 is 0 Å². The Hall–Kier alpha value is -0.300. The summed E-state index contributed by atoms with van der Waals surface area (Å²) in [4.78, 5) is 12.0. The molecule has 0 aliphatic carbocycles. The van der Waals surface area contributed by atoms with Crippen molar-refractivity contribution in [1.82, 2.24) is 9.97 Å².